The van der Waals surface area contributed by atoms with Gasteiger partial charge in [-0.3, -0.25) is 0 Å². The fourth-order valence-corrected chi connectivity index (χ4v) is 5.22. The number of alkyl halides is 2. The first kappa shape index (κ1) is 23.3. The van der Waals surface area contributed by atoms with Crippen molar-refractivity contribution in [2.45, 2.75) is 16.3 Å². The van der Waals surface area contributed by atoms with Crippen molar-refractivity contribution in [3.63, 3.8) is 0 Å². The van der Waals surface area contributed by atoms with Crippen molar-refractivity contribution in [3.05, 3.63) is 32.7 Å². The Morgan fingerprint density at radius 1 is 1.03 bits per heavy atom. The van der Waals surface area contributed by atoms with Gasteiger partial charge >= 0.3 is 12.2 Å². The van der Waals surface area contributed by atoms with E-state index in [4.69, 9.17) is 22.6 Å². The highest BCUT2D eigenvalue weighted by Gasteiger charge is 2.36. The smallest absolute Gasteiger partial charge is 0.339 e. The molecule has 0 saturated carbocycles. The lowest BCUT2D eigenvalue weighted by atomic mass is 10.2. The molecule has 30 heavy (non-hydrogen) atoms. The highest BCUT2D eigenvalue weighted by molar-refractivity contribution is 7.91. The first-order valence-electron chi connectivity index (χ1n) is 7.27. The largest absolute Gasteiger partial charge is 0.396 e. The topological polar surface area (TPSA) is 169 Å². The van der Waals surface area contributed by atoms with Gasteiger partial charge in [0.2, 0.25) is 0 Å². The predicted octanol–water partition coefficient (Wildman–Crippen LogP) is 0.959. The zero-order chi connectivity index (χ0) is 23.3. The Balaban J connectivity index is 3.40. The van der Waals surface area contributed by atoms with Crippen LogP contribution in [0.2, 0.25) is 5.02 Å². The summed E-state index contributed by atoms with van der Waals surface area (Å²) < 4.78 is 89.7. The van der Waals surface area contributed by atoms with Crippen LogP contribution >= 0.6 is 11.6 Å². The van der Waals surface area contributed by atoms with Crippen molar-refractivity contribution < 1.29 is 30.0 Å². The zero-order valence-corrected chi connectivity index (χ0v) is 17.2. The molecule has 16 heteroatoms. The van der Waals surface area contributed by atoms with E-state index in [-0.39, 0.29) is 4.57 Å². The van der Waals surface area contributed by atoms with E-state index in [9.17, 15) is 35.7 Å². The second-order valence-electron chi connectivity index (χ2n) is 5.78. The second-order valence-corrected chi connectivity index (χ2v) is 10.1. The number of halogens is 4. The molecule has 2 aromatic rings. The number of benzene rings is 1. The van der Waals surface area contributed by atoms with Crippen LogP contribution in [0.25, 0.3) is 5.69 Å². The van der Waals surface area contributed by atoms with E-state index >= 15 is 4.39 Å². The summed E-state index contributed by atoms with van der Waals surface area (Å²) in [7, 11) is -9.12. The van der Waals surface area contributed by atoms with Gasteiger partial charge in [0.1, 0.15) is 27.6 Å². The van der Waals surface area contributed by atoms with Gasteiger partial charge in [0.05, 0.1) is 10.7 Å². The minimum atomic E-state index is -4.58. The maximum atomic E-state index is 15.3. The Morgan fingerprint density at radius 3 is 1.87 bits per heavy atom. The van der Waals surface area contributed by atoms with Crippen LogP contribution in [-0.4, -0.2) is 38.5 Å². The SMILES string of the molecule is CS(=O)(=O)c1c(F)c(-n2c(C#N)c(C#N)n(C(F)F)c2=O)c(S(C)(=O)=O)c(N)c1Cl. The molecule has 0 bridgehead atoms. The van der Waals surface area contributed by atoms with E-state index in [0.29, 0.717) is 12.5 Å². The molecule has 0 fully saturated rings. The summed E-state index contributed by atoms with van der Waals surface area (Å²) in [5.41, 5.74) is -1.12. The lowest BCUT2D eigenvalue weighted by molar-refractivity contribution is 0.0654. The highest BCUT2D eigenvalue weighted by Crippen LogP contribution is 2.40. The van der Waals surface area contributed by atoms with Crippen LogP contribution < -0.4 is 11.4 Å². The molecule has 0 atom stereocenters. The fourth-order valence-electron chi connectivity index (χ4n) is 2.67. The van der Waals surface area contributed by atoms with Crippen molar-refractivity contribution >= 4 is 37.0 Å². The summed E-state index contributed by atoms with van der Waals surface area (Å²) in [6.45, 7) is -3.68. The molecule has 0 amide bonds. The van der Waals surface area contributed by atoms with Crippen molar-refractivity contribution in [1.29, 1.82) is 10.5 Å². The summed E-state index contributed by atoms with van der Waals surface area (Å²) in [5, 5.41) is 17.3. The quantitative estimate of drug-likeness (QED) is 0.627. The van der Waals surface area contributed by atoms with Crippen LogP contribution in [0.5, 0.6) is 0 Å². The summed E-state index contributed by atoms with van der Waals surface area (Å²) in [4.78, 5) is 9.96. The van der Waals surface area contributed by atoms with Gasteiger partial charge in [-0.15, -0.1) is 0 Å². The van der Waals surface area contributed by atoms with Gasteiger partial charge in [0, 0.05) is 12.5 Å². The number of nitriles is 2. The number of nitrogen functional groups attached to an aromatic ring is 1. The summed E-state index contributed by atoms with van der Waals surface area (Å²) in [5.74, 6) is -1.94. The minimum Gasteiger partial charge on any atom is -0.396 e. The molecule has 0 aliphatic heterocycles. The van der Waals surface area contributed by atoms with Crippen LogP contribution in [0.15, 0.2) is 14.6 Å². The van der Waals surface area contributed by atoms with E-state index in [2.05, 4.69) is 0 Å². The Bertz CT molecular complexity index is 1450. The van der Waals surface area contributed by atoms with Crippen molar-refractivity contribution in [2.24, 2.45) is 0 Å². The third-order valence-corrected chi connectivity index (χ3v) is 6.55. The molecule has 0 aliphatic rings. The van der Waals surface area contributed by atoms with Crippen LogP contribution in [0.4, 0.5) is 18.9 Å². The van der Waals surface area contributed by atoms with Crippen LogP contribution in [0.3, 0.4) is 0 Å². The third-order valence-electron chi connectivity index (χ3n) is 3.76. The number of imidazole rings is 1. The average Bonchev–Trinajstić information content (AvgIpc) is 2.87. The Hall–Kier alpha value is -3.01. The maximum Gasteiger partial charge on any atom is 0.339 e. The van der Waals surface area contributed by atoms with Gasteiger partial charge in [0.25, 0.3) is 0 Å². The first-order chi connectivity index (χ1) is 13.6. The van der Waals surface area contributed by atoms with Gasteiger partial charge in [-0.2, -0.15) is 19.3 Å². The van der Waals surface area contributed by atoms with Crippen molar-refractivity contribution in [2.75, 3.05) is 18.2 Å². The standard InChI is InChI=1S/C14H9ClF3N5O5S2/c1-29(25,26)11-7(15)9(21)12(30(2,27)28)10(8(11)16)22-5(3-19)6(4-20)23(13(17)18)14(22)24/h13H,21H2,1-2H3. The monoisotopic (exact) mass is 483 g/mol. The first-order valence-corrected chi connectivity index (χ1v) is 11.4. The summed E-state index contributed by atoms with van der Waals surface area (Å²) in [6.07, 6.45) is 0.976. The molecule has 1 heterocycles. The van der Waals surface area contributed by atoms with E-state index in [0.717, 1.165) is 0 Å². The van der Waals surface area contributed by atoms with Crippen LogP contribution in [-0.2, 0) is 19.7 Å². The molecule has 1 aromatic heterocycles. The van der Waals surface area contributed by atoms with Crippen molar-refractivity contribution in [3.8, 4) is 17.8 Å². The van der Waals surface area contributed by atoms with E-state index in [1.807, 2.05) is 0 Å². The summed E-state index contributed by atoms with van der Waals surface area (Å²) in [6, 6.07) is 2.40. The van der Waals surface area contributed by atoms with E-state index in [1.54, 1.807) is 0 Å². The Labute approximate surface area is 171 Å². The maximum absolute atomic E-state index is 15.3. The van der Waals surface area contributed by atoms with E-state index in [1.165, 1.54) is 12.1 Å². The highest BCUT2D eigenvalue weighted by atomic mass is 35.5. The molecule has 0 unspecified atom stereocenters. The number of rotatable bonds is 4. The van der Waals surface area contributed by atoms with Crippen LogP contribution in [0.1, 0.15) is 17.9 Å². The lowest BCUT2D eigenvalue weighted by Gasteiger charge is -2.17. The van der Waals surface area contributed by atoms with Gasteiger partial charge in [-0.05, 0) is 0 Å². The number of sulfone groups is 2. The fraction of sp³-hybridized carbons (Fsp3) is 0.214. The Kier molecular flexibility index (Phi) is 5.70. The lowest BCUT2D eigenvalue weighted by Crippen LogP contribution is -2.27. The summed E-state index contributed by atoms with van der Waals surface area (Å²) >= 11 is 5.74. The Morgan fingerprint density at radius 2 is 1.50 bits per heavy atom. The average molecular weight is 484 g/mol. The van der Waals surface area contributed by atoms with Crippen molar-refractivity contribution in [1.82, 2.24) is 9.13 Å². The molecule has 160 valence electrons. The molecule has 10 nitrogen and oxygen atoms in total. The molecule has 0 saturated heterocycles. The van der Waals surface area contributed by atoms with Crippen LogP contribution in [0, 0.1) is 28.5 Å². The van der Waals surface area contributed by atoms with Gasteiger partial charge in [-0.1, -0.05) is 11.6 Å². The molecule has 2 rings (SSSR count). The number of hydrogen-bond acceptors (Lipinski definition) is 8. The zero-order valence-electron chi connectivity index (χ0n) is 14.8. The van der Waals surface area contributed by atoms with E-state index < -0.39 is 79.9 Å². The normalized spacial score (nSPS) is 12.0. The van der Waals surface area contributed by atoms with Gasteiger partial charge in [-0.25, -0.2) is 35.2 Å². The minimum absolute atomic E-state index is 0.155. The molecule has 0 aliphatic carbocycles. The number of nitrogens with zero attached hydrogens (tertiary/aromatic N) is 4. The third kappa shape index (κ3) is 3.41. The number of aromatic nitrogens is 2. The number of nitrogens with two attached hydrogens (primary N) is 1. The molecule has 0 radical (unpaired) electrons. The van der Waals surface area contributed by atoms with Gasteiger partial charge < -0.3 is 5.73 Å². The number of hydrogen-bond donors (Lipinski definition) is 1. The number of anilines is 1. The predicted molar refractivity (Wildman–Crippen MR) is 96.3 cm³/mol. The molecular weight excluding hydrogens is 475 g/mol. The molecular formula is C14H9ClF3N5O5S2. The molecule has 1 aromatic carbocycles. The van der Waals surface area contributed by atoms with Gasteiger partial charge in [0.15, 0.2) is 36.9 Å². The molecule has 2 N–H and O–H groups in total. The molecule has 0 spiro atoms. The second kappa shape index (κ2) is 7.35.